The smallest absolute Gasteiger partial charge is 0.342 e. The molecule has 4 nitrogen and oxygen atoms in total. The van der Waals surface area contributed by atoms with Crippen molar-refractivity contribution in [2.24, 2.45) is 0 Å². The Morgan fingerprint density at radius 2 is 1.85 bits per heavy atom. The fourth-order valence-electron chi connectivity index (χ4n) is 2.81. The van der Waals surface area contributed by atoms with Crippen LogP contribution in [0.3, 0.4) is 0 Å². The standard InChI is InChI=1S/C16H11NO3/c1-9-6-7-12-13(8-9)17-14(18)10-4-2-3-5-11(10)15(17)20-16(12)19/h2-8,15H,1H3. The van der Waals surface area contributed by atoms with Gasteiger partial charge in [0.05, 0.1) is 11.3 Å². The van der Waals surface area contributed by atoms with Gasteiger partial charge in [0.15, 0.2) is 0 Å². The van der Waals surface area contributed by atoms with Crippen LogP contribution in [0.5, 0.6) is 0 Å². The van der Waals surface area contributed by atoms with Gasteiger partial charge in [-0.25, -0.2) is 4.79 Å². The molecule has 1 atom stereocenters. The van der Waals surface area contributed by atoms with Crippen molar-refractivity contribution < 1.29 is 14.3 Å². The van der Waals surface area contributed by atoms with Crippen molar-refractivity contribution in [3.63, 3.8) is 0 Å². The molecule has 98 valence electrons. The highest BCUT2D eigenvalue weighted by Crippen LogP contribution is 2.43. The Morgan fingerprint density at radius 3 is 2.70 bits per heavy atom. The van der Waals surface area contributed by atoms with Crippen molar-refractivity contribution >= 4 is 17.6 Å². The van der Waals surface area contributed by atoms with Crippen molar-refractivity contribution in [2.45, 2.75) is 13.2 Å². The van der Waals surface area contributed by atoms with Crippen LogP contribution in [0.2, 0.25) is 0 Å². The topological polar surface area (TPSA) is 46.6 Å². The molecule has 2 aliphatic rings. The molecule has 20 heavy (non-hydrogen) atoms. The highest BCUT2D eigenvalue weighted by Gasteiger charge is 2.44. The summed E-state index contributed by atoms with van der Waals surface area (Å²) in [6, 6.07) is 12.6. The van der Waals surface area contributed by atoms with Crippen molar-refractivity contribution in [1.82, 2.24) is 0 Å². The molecule has 2 aromatic rings. The van der Waals surface area contributed by atoms with Gasteiger partial charge < -0.3 is 4.74 Å². The number of rotatable bonds is 0. The SMILES string of the molecule is Cc1ccc2c(c1)N1C(=O)c3ccccc3C1OC2=O. The summed E-state index contributed by atoms with van der Waals surface area (Å²) in [6.45, 7) is 1.93. The Labute approximate surface area is 115 Å². The molecule has 0 N–H and O–H groups in total. The monoisotopic (exact) mass is 265 g/mol. The van der Waals surface area contributed by atoms with Crippen molar-refractivity contribution in [1.29, 1.82) is 0 Å². The fraction of sp³-hybridized carbons (Fsp3) is 0.125. The summed E-state index contributed by atoms with van der Waals surface area (Å²) in [5, 5.41) is 0. The summed E-state index contributed by atoms with van der Waals surface area (Å²) < 4.78 is 5.44. The van der Waals surface area contributed by atoms with Crippen LogP contribution < -0.4 is 4.90 Å². The average molecular weight is 265 g/mol. The van der Waals surface area contributed by atoms with Crippen LogP contribution in [0, 0.1) is 6.92 Å². The Bertz CT molecular complexity index is 766. The van der Waals surface area contributed by atoms with Gasteiger partial charge in [0.1, 0.15) is 0 Å². The van der Waals surface area contributed by atoms with Crippen LogP contribution in [-0.2, 0) is 4.74 Å². The van der Waals surface area contributed by atoms with Crippen LogP contribution >= 0.6 is 0 Å². The molecule has 2 aliphatic heterocycles. The second kappa shape index (κ2) is 3.70. The number of esters is 1. The van der Waals surface area contributed by atoms with Crippen molar-refractivity contribution in [3.05, 3.63) is 64.7 Å². The highest BCUT2D eigenvalue weighted by atomic mass is 16.6. The van der Waals surface area contributed by atoms with Crippen LogP contribution in [0.25, 0.3) is 0 Å². The van der Waals surface area contributed by atoms with E-state index in [9.17, 15) is 9.59 Å². The quantitative estimate of drug-likeness (QED) is 0.688. The number of anilines is 1. The van der Waals surface area contributed by atoms with Gasteiger partial charge in [-0.1, -0.05) is 24.3 Å². The lowest BCUT2D eigenvalue weighted by molar-refractivity contribution is 0.0273. The minimum atomic E-state index is -0.638. The van der Waals surface area contributed by atoms with E-state index in [2.05, 4.69) is 0 Å². The molecule has 2 heterocycles. The lowest BCUT2D eigenvalue weighted by Gasteiger charge is -2.31. The van der Waals surface area contributed by atoms with Crippen LogP contribution in [0.1, 0.15) is 38.1 Å². The zero-order chi connectivity index (χ0) is 13.9. The molecule has 0 aromatic heterocycles. The van der Waals surface area contributed by atoms with Gasteiger partial charge in [0, 0.05) is 11.1 Å². The van der Waals surface area contributed by atoms with Crippen LogP contribution in [0.15, 0.2) is 42.5 Å². The maximum absolute atomic E-state index is 12.5. The summed E-state index contributed by atoms with van der Waals surface area (Å²) in [5.74, 6) is -0.504. The lowest BCUT2D eigenvalue weighted by atomic mass is 10.1. The minimum absolute atomic E-state index is 0.120. The van der Waals surface area contributed by atoms with E-state index in [1.807, 2.05) is 37.3 Å². The first-order valence-electron chi connectivity index (χ1n) is 6.41. The number of fused-ring (bicyclic) bond motifs is 5. The maximum atomic E-state index is 12.5. The van der Waals surface area contributed by atoms with Gasteiger partial charge in [-0.05, 0) is 30.7 Å². The van der Waals surface area contributed by atoms with Gasteiger partial charge in [-0.3, -0.25) is 9.69 Å². The van der Waals surface area contributed by atoms with E-state index in [0.717, 1.165) is 11.1 Å². The summed E-state index contributed by atoms with van der Waals surface area (Å²) in [7, 11) is 0. The number of aryl methyl sites for hydroxylation is 1. The van der Waals surface area contributed by atoms with Gasteiger partial charge in [0.25, 0.3) is 5.91 Å². The van der Waals surface area contributed by atoms with Crippen LogP contribution in [0.4, 0.5) is 5.69 Å². The largest absolute Gasteiger partial charge is 0.433 e. The van der Waals surface area contributed by atoms with Gasteiger partial charge in [-0.2, -0.15) is 0 Å². The lowest BCUT2D eigenvalue weighted by Crippen LogP contribution is -2.36. The molecule has 0 bridgehead atoms. The number of amides is 1. The van der Waals surface area contributed by atoms with E-state index in [-0.39, 0.29) is 11.9 Å². The Balaban J connectivity index is 1.97. The zero-order valence-electron chi connectivity index (χ0n) is 10.8. The number of ether oxygens (including phenoxy) is 1. The molecule has 0 radical (unpaired) electrons. The van der Waals surface area contributed by atoms with Gasteiger partial charge >= 0.3 is 5.97 Å². The molecule has 1 unspecified atom stereocenters. The van der Waals surface area contributed by atoms with E-state index < -0.39 is 6.23 Å². The molecular weight excluding hydrogens is 254 g/mol. The number of hydrogen-bond donors (Lipinski definition) is 0. The van der Waals surface area contributed by atoms with E-state index in [1.54, 1.807) is 17.0 Å². The summed E-state index contributed by atoms with van der Waals surface area (Å²) in [5.41, 5.74) is 3.42. The fourth-order valence-corrected chi connectivity index (χ4v) is 2.81. The molecule has 4 heteroatoms. The first-order chi connectivity index (χ1) is 9.66. The number of benzene rings is 2. The molecular formula is C16H11NO3. The first kappa shape index (κ1) is 11.2. The number of hydrogen-bond acceptors (Lipinski definition) is 3. The molecule has 0 saturated carbocycles. The minimum Gasteiger partial charge on any atom is -0.433 e. The van der Waals surface area contributed by atoms with E-state index >= 15 is 0 Å². The second-order valence-corrected chi connectivity index (χ2v) is 5.04. The summed E-state index contributed by atoms with van der Waals surface area (Å²) in [6.07, 6.45) is -0.638. The molecule has 2 aromatic carbocycles. The normalized spacial score (nSPS) is 19.2. The molecule has 1 amide bonds. The first-order valence-corrected chi connectivity index (χ1v) is 6.41. The summed E-state index contributed by atoms with van der Waals surface area (Å²) >= 11 is 0. The second-order valence-electron chi connectivity index (χ2n) is 5.04. The predicted octanol–water partition coefficient (Wildman–Crippen LogP) is 2.82. The van der Waals surface area contributed by atoms with E-state index in [0.29, 0.717) is 16.8 Å². The Morgan fingerprint density at radius 1 is 1.05 bits per heavy atom. The third-order valence-electron chi connectivity index (χ3n) is 3.76. The molecule has 0 spiro atoms. The maximum Gasteiger partial charge on any atom is 0.342 e. The van der Waals surface area contributed by atoms with Gasteiger partial charge in [0.2, 0.25) is 6.23 Å². The molecule has 4 rings (SSSR count). The Kier molecular flexibility index (Phi) is 2.07. The molecule has 0 fully saturated rings. The van der Waals surface area contributed by atoms with E-state index in [1.165, 1.54) is 0 Å². The number of carbonyl (C=O) groups is 2. The van der Waals surface area contributed by atoms with Gasteiger partial charge in [-0.15, -0.1) is 0 Å². The van der Waals surface area contributed by atoms with E-state index in [4.69, 9.17) is 4.74 Å². The number of carbonyl (C=O) groups excluding carboxylic acids is 2. The average Bonchev–Trinajstić information content (AvgIpc) is 2.73. The molecule has 0 saturated heterocycles. The van der Waals surface area contributed by atoms with Crippen LogP contribution in [-0.4, -0.2) is 11.9 Å². The van der Waals surface area contributed by atoms with Crippen molar-refractivity contribution in [3.8, 4) is 0 Å². The number of nitrogens with zero attached hydrogens (tertiary/aromatic N) is 1. The Hall–Kier alpha value is -2.62. The highest BCUT2D eigenvalue weighted by molar-refractivity contribution is 6.15. The third kappa shape index (κ3) is 1.30. The molecule has 0 aliphatic carbocycles. The third-order valence-corrected chi connectivity index (χ3v) is 3.76. The van der Waals surface area contributed by atoms with Crippen molar-refractivity contribution in [2.75, 3.05) is 4.90 Å². The summed E-state index contributed by atoms with van der Waals surface area (Å²) in [4.78, 5) is 26.2. The predicted molar refractivity (Wildman–Crippen MR) is 72.6 cm³/mol. The zero-order valence-corrected chi connectivity index (χ0v) is 10.8.